The lowest BCUT2D eigenvalue weighted by Gasteiger charge is -2.13. The molecule has 0 spiro atoms. The van der Waals surface area contributed by atoms with E-state index in [1.54, 1.807) is 30.3 Å². The Balaban J connectivity index is 1.62. The summed E-state index contributed by atoms with van der Waals surface area (Å²) in [6, 6.07) is 19.1. The minimum Gasteiger partial charge on any atom is -0.439 e. The second kappa shape index (κ2) is 10.0. The number of aromatic nitrogens is 2. The van der Waals surface area contributed by atoms with Crippen molar-refractivity contribution < 1.29 is 17.9 Å². The first-order chi connectivity index (χ1) is 14.4. The molecule has 2 aromatic carbocycles. The molecule has 1 aromatic heterocycles. The monoisotopic (exact) mass is 432 g/mol. The minimum absolute atomic E-state index is 0.132. The van der Waals surface area contributed by atoms with Crippen LogP contribution in [0.4, 0.5) is 19.1 Å². The molecular formula is C21H19F3N4OS. The van der Waals surface area contributed by atoms with Gasteiger partial charge in [-0.3, -0.25) is 0 Å². The Bertz CT molecular complexity index is 969. The van der Waals surface area contributed by atoms with Crippen LogP contribution in [0.5, 0.6) is 11.6 Å². The third-order valence-electron chi connectivity index (χ3n) is 3.95. The van der Waals surface area contributed by atoms with E-state index >= 15 is 0 Å². The molecule has 156 valence electrons. The van der Waals surface area contributed by atoms with Crippen LogP contribution in [0, 0.1) is 0 Å². The summed E-state index contributed by atoms with van der Waals surface area (Å²) in [6.45, 7) is 0.549. The molecule has 0 saturated heterocycles. The molecule has 0 radical (unpaired) electrons. The molecule has 3 rings (SSSR count). The normalized spacial score (nSPS) is 11.0. The van der Waals surface area contributed by atoms with Crippen LogP contribution in [-0.2, 0) is 12.6 Å². The van der Waals surface area contributed by atoms with E-state index in [2.05, 4.69) is 20.6 Å². The molecule has 2 N–H and O–H groups in total. The number of halogens is 3. The van der Waals surface area contributed by atoms with Gasteiger partial charge in [0.25, 0.3) is 0 Å². The van der Waals surface area contributed by atoms with Crippen LogP contribution in [0.2, 0.25) is 0 Å². The number of anilines is 1. The molecule has 0 aliphatic heterocycles. The van der Waals surface area contributed by atoms with E-state index in [4.69, 9.17) is 17.0 Å². The highest BCUT2D eigenvalue weighted by Gasteiger charge is 2.34. The zero-order valence-electron chi connectivity index (χ0n) is 15.8. The molecule has 0 aliphatic carbocycles. The number of thiocarbonyl (C=S) groups is 1. The largest absolute Gasteiger partial charge is 0.439 e. The first kappa shape index (κ1) is 21.5. The number of hydrogen-bond donors (Lipinski definition) is 2. The molecule has 5 nitrogen and oxygen atoms in total. The minimum atomic E-state index is -4.65. The standard InChI is InChI=1S/C21H19F3N4OS/c22-21(23,24)17-14-18(29-16-11-5-2-6-12-16)27-19(26-17)28-20(30)25-13-7-10-15-8-3-1-4-9-15/h1-6,8-9,11-12,14H,7,10,13H2,(H2,25,26,27,28,30). The highest BCUT2D eigenvalue weighted by molar-refractivity contribution is 7.80. The molecule has 0 atom stereocenters. The van der Waals surface area contributed by atoms with Crippen LogP contribution < -0.4 is 15.4 Å². The highest BCUT2D eigenvalue weighted by Crippen LogP contribution is 2.31. The zero-order valence-corrected chi connectivity index (χ0v) is 16.6. The second-order valence-electron chi connectivity index (χ2n) is 6.30. The average Bonchev–Trinajstić information content (AvgIpc) is 2.72. The van der Waals surface area contributed by atoms with E-state index in [0.29, 0.717) is 12.3 Å². The summed E-state index contributed by atoms with van der Waals surface area (Å²) in [6.07, 6.45) is -3.00. The van der Waals surface area contributed by atoms with Crippen molar-refractivity contribution in [1.29, 1.82) is 0 Å². The van der Waals surface area contributed by atoms with Crippen molar-refractivity contribution in [2.45, 2.75) is 19.0 Å². The van der Waals surface area contributed by atoms with E-state index in [1.165, 1.54) is 5.56 Å². The van der Waals surface area contributed by atoms with Gasteiger partial charge in [-0.2, -0.15) is 18.2 Å². The number of ether oxygens (including phenoxy) is 1. The quantitative estimate of drug-likeness (QED) is 0.395. The smallest absolute Gasteiger partial charge is 0.433 e. The summed E-state index contributed by atoms with van der Waals surface area (Å²) in [5.74, 6) is -0.175. The molecule has 1 heterocycles. The summed E-state index contributed by atoms with van der Waals surface area (Å²) >= 11 is 5.15. The van der Waals surface area contributed by atoms with Crippen LogP contribution in [-0.4, -0.2) is 21.6 Å². The van der Waals surface area contributed by atoms with Gasteiger partial charge in [-0.15, -0.1) is 0 Å². The molecular weight excluding hydrogens is 413 g/mol. The van der Waals surface area contributed by atoms with Crippen LogP contribution >= 0.6 is 12.2 Å². The Kier molecular flexibility index (Phi) is 7.18. The maximum Gasteiger partial charge on any atom is 0.433 e. The molecule has 3 aromatic rings. The van der Waals surface area contributed by atoms with Crippen LogP contribution in [0.1, 0.15) is 17.7 Å². The number of nitrogens with zero attached hydrogens (tertiary/aromatic N) is 2. The van der Waals surface area contributed by atoms with Crippen LogP contribution in [0.15, 0.2) is 66.7 Å². The fraction of sp³-hybridized carbons (Fsp3) is 0.190. The lowest BCUT2D eigenvalue weighted by molar-refractivity contribution is -0.141. The molecule has 0 bridgehead atoms. The van der Waals surface area contributed by atoms with E-state index in [1.807, 2.05) is 30.3 Å². The van der Waals surface area contributed by atoms with Crippen molar-refractivity contribution >= 4 is 23.3 Å². The molecule has 30 heavy (non-hydrogen) atoms. The topological polar surface area (TPSA) is 59.1 Å². The van der Waals surface area contributed by atoms with Gasteiger partial charge < -0.3 is 15.4 Å². The zero-order chi connectivity index (χ0) is 21.4. The predicted octanol–water partition coefficient (Wildman–Crippen LogP) is 5.21. The van der Waals surface area contributed by atoms with E-state index in [-0.39, 0.29) is 16.9 Å². The second-order valence-corrected chi connectivity index (χ2v) is 6.71. The van der Waals surface area contributed by atoms with E-state index in [0.717, 1.165) is 18.9 Å². The number of rotatable bonds is 7. The van der Waals surface area contributed by atoms with E-state index in [9.17, 15) is 13.2 Å². The van der Waals surface area contributed by atoms with Crippen molar-refractivity contribution in [1.82, 2.24) is 15.3 Å². The number of aryl methyl sites for hydroxylation is 1. The maximum atomic E-state index is 13.2. The fourth-order valence-corrected chi connectivity index (χ4v) is 2.77. The van der Waals surface area contributed by atoms with Crippen LogP contribution in [0.25, 0.3) is 0 Å². The van der Waals surface area contributed by atoms with Gasteiger partial charge in [-0.1, -0.05) is 48.5 Å². The summed E-state index contributed by atoms with van der Waals surface area (Å²) < 4.78 is 45.1. The number of nitrogens with one attached hydrogen (secondary N) is 2. The van der Waals surface area contributed by atoms with Crippen molar-refractivity contribution in [3.63, 3.8) is 0 Å². The van der Waals surface area contributed by atoms with Gasteiger partial charge in [0.1, 0.15) is 5.75 Å². The highest BCUT2D eigenvalue weighted by atomic mass is 32.1. The first-order valence-electron chi connectivity index (χ1n) is 9.18. The molecule has 9 heteroatoms. The molecule has 0 saturated carbocycles. The molecule has 0 unspecified atom stereocenters. The molecule has 0 fully saturated rings. The lowest BCUT2D eigenvalue weighted by Crippen LogP contribution is -2.30. The fourth-order valence-electron chi connectivity index (χ4n) is 2.57. The Morgan fingerprint density at radius 1 is 0.967 bits per heavy atom. The number of para-hydroxylation sites is 1. The SMILES string of the molecule is FC(F)(F)c1cc(Oc2ccccc2)nc(NC(=S)NCCCc2ccccc2)n1. The van der Waals surface area contributed by atoms with E-state index < -0.39 is 11.9 Å². The summed E-state index contributed by atoms with van der Waals surface area (Å²) in [7, 11) is 0. The van der Waals surface area contributed by atoms with Crippen molar-refractivity contribution in [3.05, 3.63) is 78.0 Å². The number of hydrogen-bond acceptors (Lipinski definition) is 4. The van der Waals surface area contributed by atoms with Gasteiger partial charge >= 0.3 is 6.18 Å². The van der Waals surface area contributed by atoms with Gasteiger partial charge in [0.2, 0.25) is 11.8 Å². The van der Waals surface area contributed by atoms with Crippen molar-refractivity contribution in [2.24, 2.45) is 0 Å². The first-order valence-corrected chi connectivity index (χ1v) is 9.59. The summed E-state index contributed by atoms with van der Waals surface area (Å²) in [5, 5.41) is 5.68. The van der Waals surface area contributed by atoms with Crippen molar-refractivity contribution in [2.75, 3.05) is 11.9 Å². The van der Waals surface area contributed by atoms with Gasteiger partial charge in [0, 0.05) is 12.6 Å². The Morgan fingerprint density at radius 3 is 2.30 bits per heavy atom. The third kappa shape index (κ3) is 6.70. The van der Waals surface area contributed by atoms with Gasteiger partial charge in [-0.25, -0.2) is 4.98 Å². The van der Waals surface area contributed by atoms with Gasteiger partial charge in [-0.05, 0) is 42.8 Å². The molecule has 0 aliphatic rings. The van der Waals surface area contributed by atoms with Gasteiger partial charge in [0.05, 0.1) is 0 Å². The van der Waals surface area contributed by atoms with Crippen LogP contribution in [0.3, 0.4) is 0 Å². The third-order valence-corrected chi connectivity index (χ3v) is 4.20. The Labute approximate surface area is 177 Å². The Morgan fingerprint density at radius 2 is 1.63 bits per heavy atom. The van der Waals surface area contributed by atoms with Crippen molar-refractivity contribution in [3.8, 4) is 11.6 Å². The molecule has 0 amide bonds. The lowest BCUT2D eigenvalue weighted by atomic mass is 10.1. The Hall–Kier alpha value is -3.20. The number of benzene rings is 2. The summed E-state index contributed by atoms with van der Waals surface area (Å²) in [5.41, 5.74) is 0.0694. The predicted molar refractivity (Wildman–Crippen MR) is 113 cm³/mol. The average molecular weight is 432 g/mol. The maximum absolute atomic E-state index is 13.2. The summed E-state index contributed by atoms with van der Waals surface area (Å²) in [4.78, 5) is 7.49. The number of alkyl halides is 3. The van der Waals surface area contributed by atoms with Gasteiger partial charge in [0.15, 0.2) is 10.8 Å².